The predicted molar refractivity (Wildman–Crippen MR) is 124 cm³/mol. The van der Waals surface area contributed by atoms with Gasteiger partial charge < -0.3 is 19.9 Å². The summed E-state index contributed by atoms with van der Waals surface area (Å²) in [6.45, 7) is 2.51. The van der Waals surface area contributed by atoms with Crippen LogP contribution in [0.4, 0.5) is 17.5 Å². The lowest BCUT2D eigenvalue weighted by Gasteiger charge is -2.24. The fourth-order valence-electron chi connectivity index (χ4n) is 4.24. The number of nitrogens with one attached hydrogen (secondary N) is 2. The molecule has 1 aliphatic carbocycles. The number of hydrogen-bond acceptors (Lipinski definition) is 7. The second-order valence-electron chi connectivity index (χ2n) is 8.14. The first-order valence-corrected chi connectivity index (χ1v) is 11.2. The molecule has 1 aromatic carbocycles. The standard InChI is InChI=1S/C23H28N8O/c1-3-32-20-14-16(22-28-24-15-30(22)2)11-12-18(20)26-23-27-21(19-10-7-13-31(19)29-23)25-17-8-5-4-6-9-17/h7,10-15,17H,3-6,8-9H2,1-2H3,(H2,25,26,27,29). The van der Waals surface area contributed by atoms with Gasteiger partial charge in [-0.2, -0.15) is 4.98 Å². The van der Waals surface area contributed by atoms with Crippen molar-refractivity contribution in [2.75, 3.05) is 17.2 Å². The molecule has 0 bridgehead atoms. The summed E-state index contributed by atoms with van der Waals surface area (Å²) >= 11 is 0. The van der Waals surface area contributed by atoms with Crippen molar-refractivity contribution in [1.29, 1.82) is 0 Å². The Balaban J connectivity index is 1.46. The second-order valence-corrected chi connectivity index (χ2v) is 8.14. The van der Waals surface area contributed by atoms with E-state index < -0.39 is 0 Å². The highest BCUT2D eigenvalue weighted by molar-refractivity contribution is 5.73. The summed E-state index contributed by atoms with van der Waals surface area (Å²) in [4.78, 5) is 4.81. The number of rotatable bonds is 7. The highest BCUT2D eigenvalue weighted by Gasteiger charge is 2.17. The van der Waals surface area contributed by atoms with E-state index in [1.54, 1.807) is 6.33 Å². The van der Waals surface area contributed by atoms with E-state index in [1.165, 1.54) is 32.1 Å². The summed E-state index contributed by atoms with van der Waals surface area (Å²) in [7, 11) is 1.92. The molecule has 0 unspecified atom stereocenters. The fourth-order valence-corrected chi connectivity index (χ4v) is 4.24. The molecule has 9 nitrogen and oxygen atoms in total. The van der Waals surface area contributed by atoms with Crippen LogP contribution in [0.1, 0.15) is 39.0 Å². The molecule has 166 valence electrons. The first kappa shape index (κ1) is 20.3. The van der Waals surface area contributed by atoms with E-state index in [-0.39, 0.29) is 0 Å². The molecule has 0 aliphatic heterocycles. The predicted octanol–water partition coefficient (Wildman–Crippen LogP) is 4.41. The van der Waals surface area contributed by atoms with Crippen molar-refractivity contribution in [2.45, 2.75) is 45.1 Å². The zero-order valence-electron chi connectivity index (χ0n) is 18.5. The first-order valence-electron chi connectivity index (χ1n) is 11.2. The Labute approximate surface area is 186 Å². The molecule has 1 aliphatic rings. The Kier molecular flexibility index (Phi) is 5.62. The molecule has 1 fully saturated rings. The fraction of sp³-hybridized carbons (Fsp3) is 0.391. The third-order valence-electron chi connectivity index (χ3n) is 5.83. The van der Waals surface area contributed by atoms with Crippen LogP contribution in [0.25, 0.3) is 16.9 Å². The van der Waals surface area contributed by atoms with Gasteiger partial charge in [-0.25, -0.2) is 4.52 Å². The van der Waals surface area contributed by atoms with E-state index >= 15 is 0 Å². The summed E-state index contributed by atoms with van der Waals surface area (Å²) in [6, 6.07) is 10.4. The molecule has 5 rings (SSSR count). The lowest BCUT2D eigenvalue weighted by molar-refractivity contribution is 0.342. The van der Waals surface area contributed by atoms with Crippen LogP contribution >= 0.6 is 0 Å². The minimum atomic E-state index is 0.454. The van der Waals surface area contributed by atoms with Crippen molar-refractivity contribution in [3.05, 3.63) is 42.9 Å². The Bertz CT molecular complexity index is 1210. The van der Waals surface area contributed by atoms with Gasteiger partial charge in [-0.1, -0.05) is 19.3 Å². The summed E-state index contributed by atoms with van der Waals surface area (Å²) in [5.41, 5.74) is 2.71. The normalized spacial score (nSPS) is 14.6. The van der Waals surface area contributed by atoms with E-state index in [0.29, 0.717) is 24.3 Å². The van der Waals surface area contributed by atoms with Crippen LogP contribution in [-0.2, 0) is 7.05 Å². The molecular weight excluding hydrogens is 404 g/mol. The molecule has 0 spiro atoms. The van der Waals surface area contributed by atoms with Gasteiger partial charge in [0, 0.05) is 24.8 Å². The van der Waals surface area contributed by atoms with Gasteiger partial charge in [-0.3, -0.25) is 0 Å². The molecule has 32 heavy (non-hydrogen) atoms. The van der Waals surface area contributed by atoms with Gasteiger partial charge in [0.1, 0.15) is 17.6 Å². The number of benzene rings is 1. The lowest BCUT2D eigenvalue weighted by atomic mass is 9.95. The molecule has 0 atom stereocenters. The van der Waals surface area contributed by atoms with Crippen LogP contribution in [0.3, 0.4) is 0 Å². The minimum absolute atomic E-state index is 0.454. The lowest BCUT2D eigenvalue weighted by Crippen LogP contribution is -2.23. The monoisotopic (exact) mass is 432 g/mol. The SMILES string of the molecule is CCOc1cc(-c2nncn2C)ccc1Nc1nc(NC2CCCCC2)c2cccn2n1. The molecule has 0 amide bonds. The number of anilines is 3. The maximum absolute atomic E-state index is 5.91. The highest BCUT2D eigenvalue weighted by Crippen LogP contribution is 2.32. The number of fused-ring (bicyclic) bond motifs is 1. The quantitative estimate of drug-likeness (QED) is 0.447. The van der Waals surface area contributed by atoms with Crippen LogP contribution in [-0.4, -0.2) is 42.0 Å². The first-order chi connectivity index (χ1) is 15.7. The molecular formula is C23H28N8O. The van der Waals surface area contributed by atoms with Gasteiger partial charge in [0.15, 0.2) is 11.6 Å². The van der Waals surface area contributed by atoms with Crippen LogP contribution in [0.2, 0.25) is 0 Å². The highest BCUT2D eigenvalue weighted by atomic mass is 16.5. The molecule has 3 aromatic heterocycles. The van der Waals surface area contributed by atoms with Gasteiger partial charge >= 0.3 is 0 Å². The Morgan fingerprint density at radius 3 is 2.81 bits per heavy atom. The van der Waals surface area contributed by atoms with E-state index in [9.17, 15) is 0 Å². The van der Waals surface area contributed by atoms with E-state index in [0.717, 1.165) is 28.4 Å². The molecule has 0 saturated heterocycles. The van der Waals surface area contributed by atoms with Gasteiger partial charge in [0.2, 0.25) is 5.95 Å². The second kappa shape index (κ2) is 8.86. The van der Waals surface area contributed by atoms with Gasteiger partial charge in [0.25, 0.3) is 0 Å². The van der Waals surface area contributed by atoms with Crippen molar-refractivity contribution in [2.24, 2.45) is 7.05 Å². The number of hydrogen-bond donors (Lipinski definition) is 2. The van der Waals surface area contributed by atoms with Crippen LogP contribution in [0.5, 0.6) is 5.75 Å². The Morgan fingerprint density at radius 1 is 1.16 bits per heavy atom. The van der Waals surface area contributed by atoms with Gasteiger partial charge in [0.05, 0.1) is 12.3 Å². The smallest absolute Gasteiger partial charge is 0.247 e. The van der Waals surface area contributed by atoms with E-state index in [2.05, 4.69) is 25.9 Å². The summed E-state index contributed by atoms with van der Waals surface area (Å²) in [5.74, 6) is 2.86. The van der Waals surface area contributed by atoms with Gasteiger partial charge in [-0.15, -0.1) is 15.3 Å². The maximum atomic E-state index is 5.91. The third kappa shape index (κ3) is 4.10. The molecule has 1 saturated carbocycles. The molecule has 4 aromatic rings. The van der Waals surface area contributed by atoms with E-state index in [1.807, 2.05) is 59.6 Å². The molecule has 0 radical (unpaired) electrons. The molecule has 9 heteroatoms. The average molecular weight is 433 g/mol. The summed E-state index contributed by atoms with van der Waals surface area (Å²) in [6.07, 6.45) is 9.83. The molecule has 3 heterocycles. The number of nitrogens with zero attached hydrogens (tertiary/aromatic N) is 6. The third-order valence-corrected chi connectivity index (χ3v) is 5.83. The van der Waals surface area contributed by atoms with Crippen LogP contribution in [0, 0.1) is 0 Å². The zero-order chi connectivity index (χ0) is 21.9. The molecule has 2 N–H and O–H groups in total. The summed E-state index contributed by atoms with van der Waals surface area (Å²) < 4.78 is 9.65. The van der Waals surface area contributed by atoms with Crippen molar-refractivity contribution in [3.63, 3.8) is 0 Å². The van der Waals surface area contributed by atoms with Crippen molar-refractivity contribution >= 4 is 23.0 Å². The van der Waals surface area contributed by atoms with Gasteiger partial charge in [-0.05, 0) is 50.1 Å². The maximum Gasteiger partial charge on any atom is 0.247 e. The summed E-state index contributed by atoms with van der Waals surface area (Å²) in [5, 5.41) is 19.8. The largest absolute Gasteiger partial charge is 0.492 e. The Morgan fingerprint density at radius 2 is 2.03 bits per heavy atom. The number of ether oxygens (including phenoxy) is 1. The van der Waals surface area contributed by atoms with Crippen molar-refractivity contribution < 1.29 is 4.74 Å². The Hall–Kier alpha value is -3.62. The van der Waals surface area contributed by atoms with Crippen molar-refractivity contribution in [1.82, 2.24) is 29.4 Å². The zero-order valence-corrected chi connectivity index (χ0v) is 18.5. The van der Waals surface area contributed by atoms with Crippen LogP contribution < -0.4 is 15.4 Å². The van der Waals surface area contributed by atoms with Crippen LogP contribution in [0.15, 0.2) is 42.9 Å². The van der Waals surface area contributed by atoms with Crippen molar-refractivity contribution in [3.8, 4) is 17.1 Å². The number of aryl methyl sites for hydroxylation is 1. The topological polar surface area (TPSA) is 94.2 Å². The number of aromatic nitrogens is 6. The van der Waals surface area contributed by atoms with E-state index in [4.69, 9.17) is 9.72 Å². The average Bonchev–Trinajstić information content (AvgIpc) is 3.45. The minimum Gasteiger partial charge on any atom is -0.492 e.